The van der Waals surface area contributed by atoms with Crippen molar-refractivity contribution in [2.45, 2.75) is 19.0 Å². The molecule has 100 valence electrons. The Morgan fingerprint density at radius 3 is 2.44 bits per heavy atom. The smallest absolute Gasteiger partial charge is 0.323 e. The van der Waals surface area contributed by atoms with Crippen molar-refractivity contribution in [1.29, 1.82) is 0 Å². The van der Waals surface area contributed by atoms with Gasteiger partial charge in [-0.1, -0.05) is 30.3 Å². The van der Waals surface area contributed by atoms with Gasteiger partial charge in [0, 0.05) is 6.54 Å². The van der Waals surface area contributed by atoms with E-state index in [9.17, 15) is 9.59 Å². The van der Waals surface area contributed by atoms with Crippen molar-refractivity contribution in [3.8, 4) is 0 Å². The minimum Gasteiger partial charge on any atom is -0.468 e. The van der Waals surface area contributed by atoms with Gasteiger partial charge < -0.3 is 10.5 Å². The number of esters is 1. The molecule has 0 bridgehead atoms. The van der Waals surface area contributed by atoms with Crippen LogP contribution in [0.5, 0.6) is 0 Å². The van der Waals surface area contributed by atoms with E-state index in [4.69, 9.17) is 5.73 Å². The van der Waals surface area contributed by atoms with Crippen molar-refractivity contribution in [3.05, 3.63) is 35.9 Å². The summed E-state index contributed by atoms with van der Waals surface area (Å²) in [5, 5.41) is 2.94. The molecule has 0 aromatic heterocycles. The fourth-order valence-corrected chi connectivity index (χ4v) is 1.42. The van der Waals surface area contributed by atoms with E-state index >= 15 is 0 Å². The molecule has 6 heteroatoms. The molecule has 3 N–H and O–H groups in total. The number of carbonyl (C=O) groups excluding carboxylic acids is 2. The van der Waals surface area contributed by atoms with E-state index < -0.39 is 17.9 Å². The van der Waals surface area contributed by atoms with Gasteiger partial charge in [-0.2, -0.15) is 0 Å². The van der Waals surface area contributed by atoms with Gasteiger partial charge in [0.25, 0.3) is 0 Å². The number of nitrogens with one attached hydrogen (secondary N) is 1. The molecule has 0 saturated heterocycles. The number of amides is 1. The zero-order valence-corrected chi connectivity index (χ0v) is 10.9. The van der Waals surface area contributed by atoms with Crippen LogP contribution in [0.4, 0.5) is 0 Å². The molecule has 0 spiro atoms. The van der Waals surface area contributed by atoms with Crippen molar-refractivity contribution in [2.75, 3.05) is 7.11 Å². The average Bonchev–Trinajstić information content (AvgIpc) is 2.34. The van der Waals surface area contributed by atoms with Crippen LogP contribution >= 0.6 is 12.4 Å². The maximum Gasteiger partial charge on any atom is 0.323 e. The Kier molecular flexibility index (Phi) is 7.74. The lowest BCUT2D eigenvalue weighted by atomic mass is 10.1. The van der Waals surface area contributed by atoms with Crippen LogP contribution in [0.15, 0.2) is 30.3 Å². The molecule has 0 heterocycles. The summed E-state index contributed by atoms with van der Waals surface area (Å²) in [6, 6.07) is 8.86. The minimum absolute atomic E-state index is 0. The van der Waals surface area contributed by atoms with E-state index in [1.54, 1.807) is 0 Å². The molecule has 1 rings (SSSR count). The van der Waals surface area contributed by atoms with Gasteiger partial charge in [0.2, 0.25) is 5.91 Å². The van der Waals surface area contributed by atoms with Crippen molar-refractivity contribution < 1.29 is 14.3 Å². The lowest BCUT2D eigenvalue weighted by molar-refractivity contribution is -0.144. The largest absolute Gasteiger partial charge is 0.468 e. The predicted molar refractivity (Wildman–Crippen MR) is 70.1 cm³/mol. The molecule has 0 aliphatic heterocycles. The molecular weight excluding hydrogens is 256 g/mol. The van der Waals surface area contributed by atoms with Crippen LogP contribution in [-0.2, 0) is 20.9 Å². The number of carbonyl (C=O) groups is 2. The van der Waals surface area contributed by atoms with Gasteiger partial charge in [-0.3, -0.25) is 14.9 Å². The van der Waals surface area contributed by atoms with Crippen molar-refractivity contribution >= 4 is 24.3 Å². The molecule has 5 nitrogen and oxygen atoms in total. The van der Waals surface area contributed by atoms with Gasteiger partial charge in [-0.05, 0) is 5.56 Å². The summed E-state index contributed by atoms with van der Waals surface area (Å²) in [6.45, 7) is 0.480. The third-order valence-corrected chi connectivity index (χ3v) is 2.29. The standard InChI is InChI=1S/C12H16N2O3.ClH/c1-17-12(16)10(7-11(13)15)14-8-9-5-3-2-4-6-9;/h2-6,10,14H,7-8H2,1H3,(H2,13,15);1H. The maximum absolute atomic E-state index is 11.4. The van der Waals surface area contributed by atoms with Crippen molar-refractivity contribution in [3.63, 3.8) is 0 Å². The number of primary amides is 1. The normalized spacial score (nSPS) is 11.2. The first-order chi connectivity index (χ1) is 8.13. The highest BCUT2D eigenvalue weighted by atomic mass is 35.5. The third-order valence-electron chi connectivity index (χ3n) is 2.29. The summed E-state index contributed by atoms with van der Waals surface area (Å²) in [4.78, 5) is 22.2. The fourth-order valence-electron chi connectivity index (χ4n) is 1.42. The number of rotatable bonds is 6. The SMILES string of the molecule is COC(=O)C(CC(N)=O)NCc1ccccc1.Cl. The highest BCUT2D eigenvalue weighted by molar-refractivity contribution is 5.85. The fraction of sp³-hybridized carbons (Fsp3) is 0.333. The number of ether oxygens (including phenoxy) is 1. The van der Waals surface area contributed by atoms with Crippen LogP contribution in [0.3, 0.4) is 0 Å². The second-order valence-electron chi connectivity index (χ2n) is 3.61. The maximum atomic E-state index is 11.4. The summed E-state index contributed by atoms with van der Waals surface area (Å²) in [6.07, 6.45) is -0.0699. The lowest BCUT2D eigenvalue weighted by Gasteiger charge is -2.14. The quantitative estimate of drug-likeness (QED) is 0.744. The van der Waals surface area contributed by atoms with E-state index in [2.05, 4.69) is 10.1 Å². The van der Waals surface area contributed by atoms with Crippen LogP contribution in [0, 0.1) is 0 Å². The van der Waals surface area contributed by atoms with E-state index in [0.29, 0.717) is 6.54 Å². The minimum atomic E-state index is -0.697. The van der Waals surface area contributed by atoms with E-state index in [-0.39, 0.29) is 18.8 Å². The molecule has 0 radical (unpaired) electrons. The molecule has 0 fully saturated rings. The number of methoxy groups -OCH3 is 1. The molecule has 18 heavy (non-hydrogen) atoms. The zero-order chi connectivity index (χ0) is 12.7. The number of nitrogens with two attached hydrogens (primary N) is 1. The van der Waals surface area contributed by atoms with Gasteiger partial charge in [-0.25, -0.2) is 0 Å². The molecule has 0 aliphatic carbocycles. The Labute approximate surface area is 112 Å². The number of hydrogen-bond acceptors (Lipinski definition) is 4. The Morgan fingerprint density at radius 2 is 1.94 bits per heavy atom. The van der Waals surface area contributed by atoms with Crippen LogP contribution in [0.2, 0.25) is 0 Å². The van der Waals surface area contributed by atoms with Crippen molar-refractivity contribution in [1.82, 2.24) is 5.32 Å². The molecular formula is C12H17ClN2O3. The summed E-state index contributed by atoms with van der Waals surface area (Å²) in [5.74, 6) is -1.03. The Balaban J connectivity index is 0.00000289. The molecule has 0 aliphatic rings. The van der Waals surface area contributed by atoms with Crippen LogP contribution in [0.25, 0.3) is 0 Å². The predicted octanol–water partition coefficient (Wildman–Crippen LogP) is 0.615. The molecule has 1 aromatic rings. The van der Waals surface area contributed by atoms with Gasteiger partial charge >= 0.3 is 5.97 Å². The van der Waals surface area contributed by atoms with Gasteiger partial charge in [0.1, 0.15) is 6.04 Å². The number of halogens is 1. The highest BCUT2D eigenvalue weighted by Crippen LogP contribution is 2.01. The Hall–Kier alpha value is -1.59. The van der Waals surface area contributed by atoms with E-state index in [0.717, 1.165) is 5.56 Å². The first kappa shape index (κ1) is 16.4. The van der Waals surface area contributed by atoms with Crippen molar-refractivity contribution in [2.24, 2.45) is 5.73 Å². The topological polar surface area (TPSA) is 81.4 Å². The summed E-state index contributed by atoms with van der Waals surface area (Å²) < 4.78 is 4.59. The lowest BCUT2D eigenvalue weighted by Crippen LogP contribution is -2.40. The second kappa shape index (κ2) is 8.49. The molecule has 0 saturated carbocycles. The third kappa shape index (κ3) is 5.65. The van der Waals surface area contributed by atoms with Crippen LogP contribution in [0.1, 0.15) is 12.0 Å². The van der Waals surface area contributed by atoms with Gasteiger partial charge in [0.05, 0.1) is 13.5 Å². The zero-order valence-electron chi connectivity index (χ0n) is 10.1. The Morgan fingerprint density at radius 1 is 1.33 bits per heavy atom. The molecule has 1 unspecified atom stereocenters. The van der Waals surface area contributed by atoms with Crippen LogP contribution < -0.4 is 11.1 Å². The second-order valence-corrected chi connectivity index (χ2v) is 3.61. The van der Waals surface area contributed by atoms with E-state index in [1.165, 1.54) is 7.11 Å². The molecule has 1 amide bonds. The molecule has 1 atom stereocenters. The summed E-state index contributed by atoms with van der Waals surface area (Å²) >= 11 is 0. The molecule has 1 aromatic carbocycles. The first-order valence-electron chi connectivity index (χ1n) is 5.27. The monoisotopic (exact) mass is 272 g/mol. The summed E-state index contributed by atoms with van der Waals surface area (Å²) in [5.41, 5.74) is 6.09. The summed E-state index contributed by atoms with van der Waals surface area (Å²) in [7, 11) is 1.28. The van der Waals surface area contributed by atoms with Gasteiger partial charge in [-0.15, -0.1) is 12.4 Å². The van der Waals surface area contributed by atoms with Gasteiger partial charge in [0.15, 0.2) is 0 Å². The average molecular weight is 273 g/mol. The Bertz CT molecular complexity index is 384. The first-order valence-corrected chi connectivity index (χ1v) is 5.27. The van der Waals surface area contributed by atoms with Crippen LogP contribution in [-0.4, -0.2) is 25.0 Å². The highest BCUT2D eigenvalue weighted by Gasteiger charge is 2.20. The van der Waals surface area contributed by atoms with E-state index in [1.807, 2.05) is 30.3 Å². The number of hydrogen-bond donors (Lipinski definition) is 2. The number of benzene rings is 1.